The molecule has 0 aromatic carbocycles. The van der Waals surface area contributed by atoms with Gasteiger partial charge in [0.05, 0.1) is 12.1 Å². The van der Waals surface area contributed by atoms with E-state index < -0.39 is 0 Å². The fourth-order valence-electron chi connectivity index (χ4n) is 4.30. The average molecular weight is 280 g/mol. The minimum absolute atomic E-state index is 0.169. The summed E-state index contributed by atoms with van der Waals surface area (Å²) in [5.41, 5.74) is -0.169. The molecular formula is C16H28N2O2. The third-order valence-electron chi connectivity index (χ3n) is 5.63. The minimum atomic E-state index is -0.357. The monoisotopic (exact) mass is 280 g/mol. The van der Waals surface area contributed by atoms with Crippen LogP contribution in [0.5, 0.6) is 0 Å². The lowest BCUT2D eigenvalue weighted by molar-refractivity contribution is -0.142. The highest BCUT2D eigenvalue weighted by molar-refractivity contribution is 5.82. The van der Waals surface area contributed by atoms with Crippen LogP contribution in [-0.2, 0) is 4.79 Å². The molecule has 3 rings (SSSR count). The molecule has 4 heteroatoms. The highest BCUT2D eigenvalue weighted by Gasteiger charge is 2.44. The van der Waals surface area contributed by atoms with E-state index in [4.69, 9.17) is 0 Å². The number of amides is 1. The number of likely N-dealkylation sites (tertiary alicyclic amines) is 2. The number of hydrogen-bond acceptors (Lipinski definition) is 3. The molecule has 0 aromatic heterocycles. The van der Waals surface area contributed by atoms with Crippen LogP contribution in [0.3, 0.4) is 0 Å². The van der Waals surface area contributed by atoms with Crippen molar-refractivity contribution in [3.05, 3.63) is 0 Å². The van der Waals surface area contributed by atoms with E-state index in [2.05, 4.69) is 11.8 Å². The van der Waals surface area contributed by atoms with Gasteiger partial charge in [0.2, 0.25) is 5.91 Å². The predicted molar refractivity (Wildman–Crippen MR) is 78.4 cm³/mol. The zero-order chi connectivity index (χ0) is 14.2. The number of aliphatic hydroxyl groups excluding tert-OH is 1. The summed E-state index contributed by atoms with van der Waals surface area (Å²) < 4.78 is 0. The normalized spacial score (nSPS) is 34.6. The molecule has 3 aliphatic rings. The maximum absolute atomic E-state index is 12.8. The quantitative estimate of drug-likeness (QED) is 0.836. The summed E-state index contributed by atoms with van der Waals surface area (Å²) in [6, 6.07) is 0.175. The van der Waals surface area contributed by atoms with Crippen LogP contribution in [0.25, 0.3) is 0 Å². The fraction of sp³-hybridized carbons (Fsp3) is 0.938. The third kappa shape index (κ3) is 2.60. The van der Waals surface area contributed by atoms with Crippen molar-refractivity contribution < 1.29 is 9.90 Å². The standard InChI is InChI=1S/C16H28N2O2/c1-16(7-3-2-4-8-16)15(20)18-11-13(14(19)12-18)17-9-5-6-10-17/h13-14,19H,2-12H2,1H3/t13-,14-/m1/s1. The van der Waals surface area contributed by atoms with Crippen LogP contribution in [0.15, 0.2) is 0 Å². The van der Waals surface area contributed by atoms with E-state index in [0.29, 0.717) is 6.54 Å². The first kappa shape index (κ1) is 14.3. The maximum Gasteiger partial charge on any atom is 0.228 e. The molecule has 2 atom stereocenters. The lowest BCUT2D eigenvalue weighted by Gasteiger charge is -2.35. The summed E-state index contributed by atoms with van der Waals surface area (Å²) >= 11 is 0. The molecule has 0 unspecified atom stereocenters. The van der Waals surface area contributed by atoms with Crippen LogP contribution in [0.4, 0.5) is 0 Å². The molecule has 3 fully saturated rings. The fourth-order valence-corrected chi connectivity index (χ4v) is 4.30. The van der Waals surface area contributed by atoms with E-state index in [1.54, 1.807) is 0 Å². The minimum Gasteiger partial charge on any atom is -0.390 e. The molecule has 0 bridgehead atoms. The van der Waals surface area contributed by atoms with E-state index in [-0.39, 0.29) is 23.5 Å². The van der Waals surface area contributed by atoms with Gasteiger partial charge in [-0.2, -0.15) is 0 Å². The van der Waals surface area contributed by atoms with Gasteiger partial charge in [-0.1, -0.05) is 26.2 Å². The Hall–Kier alpha value is -0.610. The molecule has 4 nitrogen and oxygen atoms in total. The van der Waals surface area contributed by atoms with Crippen LogP contribution in [-0.4, -0.2) is 59.1 Å². The van der Waals surface area contributed by atoms with Crippen molar-refractivity contribution in [3.63, 3.8) is 0 Å². The van der Waals surface area contributed by atoms with Gasteiger partial charge < -0.3 is 10.0 Å². The topological polar surface area (TPSA) is 43.8 Å². The summed E-state index contributed by atoms with van der Waals surface area (Å²) in [6.45, 7) is 5.57. The predicted octanol–water partition coefficient (Wildman–Crippen LogP) is 1.62. The van der Waals surface area contributed by atoms with Gasteiger partial charge in [-0.15, -0.1) is 0 Å². The van der Waals surface area contributed by atoms with Gasteiger partial charge in [-0.05, 0) is 38.8 Å². The Morgan fingerprint density at radius 1 is 1.05 bits per heavy atom. The van der Waals surface area contributed by atoms with Gasteiger partial charge in [-0.25, -0.2) is 0 Å². The number of carbonyl (C=O) groups is 1. The summed E-state index contributed by atoms with van der Waals surface area (Å²) in [5.74, 6) is 0.290. The maximum atomic E-state index is 12.8. The molecular weight excluding hydrogens is 252 g/mol. The Bertz CT molecular complexity index is 359. The van der Waals surface area contributed by atoms with Crippen molar-refractivity contribution in [2.45, 2.75) is 64.0 Å². The van der Waals surface area contributed by atoms with E-state index in [9.17, 15) is 9.90 Å². The third-order valence-corrected chi connectivity index (χ3v) is 5.63. The number of rotatable bonds is 2. The SMILES string of the molecule is CC1(C(=O)N2C[C@@H](O)[C@H](N3CCCC3)C2)CCCCC1. The van der Waals surface area contributed by atoms with Gasteiger partial charge in [0.15, 0.2) is 0 Å². The van der Waals surface area contributed by atoms with Gasteiger partial charge in [-0.3, -0.25) is 9.69 Å². The summed E-state index contributed by atoms with van der Waals surface area (Å²) in [4.78, 5) is 17.1. The molecule has 2 aliphatic heterocycles. The molecule has 2 heterocycles. The highest BCUT2D eigenvalue weighted by Crippen LogP contribution is 2.38. The van der Waals surface area contributed by atoms with E-state index in [1.165, 1.54) is 32.1 Å². The molecule has 20 heavy (non-hydrogen) atoms. The largest absolute Gasteiger partial charge is 0.390 e. The van der Waals surface area contributed by atoms with E-state index in [1.807, 2.05) is 4.90 Å². The summed E-state index contributed by atoms with van der Waals surface area (Å²) in [5, 5.41) is 10.3. The molecule has 114 valence electrons. The van der Waals surface area contributed by atoms with Crippen molar-refractivity contribution in [1.82, 2.24) is 9.80 Å². The van der Waals surface area contributed by atoms with Crippen molar-refractivity contribution in [1.29, 1.82) is 0 Å². The second-order valence-corrected chi connectivity index (χ2v) is 7.21. The Morgan fingerprint density at radius 2 is 1.70 bits per heavy atom. The van der Waals surface area contributed by atoms with Gasteiger partial charge >= 0.3 is 0 Å². The van der Waals surface area contributed by atoms with E-state index in [0.717, 1.165) is 32.5 Å². The molecule has 1 aliphatic carbocycles. The van der Waals surface area contributed by atoms with Crippen LogP contribution in [0.2, 0.25) is 0 Å². The molecule has 1 N–H and O–H groups in total. The molecule has 2 saturated heterocycles. The number of β-amino-alcohol motifs (C(OH)–C–C–N with tert-alkyl or cyclic N) is 1. The van der Waals surface area contributed by atoms with Crippen molar-refractivity contribution in [2.24, 2.45) is 5.41 Å². The van der Waals surface area contributed by atoms with Gasteiger partial charge in [0, 0.05) is 18.5 Å². The Kier molecular flexibility index (Phi) is 4.04. The van der Waals surface area contributed by atoms with Crippen LogP contribution < -0.4 is 0 Å². The molecule has 0 radical (unpaired) electrons. The van der Waals surface area contributed by atoms with Crippen molar-refractivity contribution in [3.8, 4) is 0 Å². The first-order valence-corrected chi connectivity index (χ1v) is 8.32. The number of aliphatic hydroxyl groups is 1. The number of carbonyl (C=O) groups excluding carboxylic acids is 1. The van der Waals surface area contributed by atoms with Gasteiger partial charge in [0.25, 0.3) is 0 Å². The highest BCUT2D eigenvalue weighted by atomic mass is 16.3. The molecule has 0 spiro atoms. The zero-order valence-corrected chi connectivity index (χ0v) is 12.7. The number of nitrogens with zero attached hydrogens (tertiary/aromatic N) is 2. The van der Waals surface area contributed by atoms with Gasteiger partial charge in [0.1, 0.15) is 0 Å². The molecule has 1 saturated carbocycles. The summed E-state index contributed by atoms with van der Waals surface area (Å²) in [6.07, 6.45) is 7.76. The molecule has 0 aromatic rings. The lowest BCUT2D eigenvalue weighted by Crippen LogP contribution is -2.44. The van der Waals surface area contributed by atoms with Crippen molar-refractivity contribution in [2.75, 3.05) is 26.2 Å². The smallest absolute Gasteiger partial charge is 0.228 e. The average Bonchev–Trinajstić information content (AvgIpc) is 3.07. The van der Waals surface area contributed by atoms with Crippen LogP contribution in [0.1, 0.15) is 51.9 Å². The van der Waals surface area contributed by atoms with Crippen molar-refractivity contribution >= 4 is 5.91 Å². The van der Waals surface area contributed by atoms with Crippen LogP contribution in [0, 0.1) is 5.41 Å². The second kappa shape index (κ2) is 5.64. The first-order valence-electron chi connectivity index (χ1n) is 8.32. The zero-order valence-electron chi connectivity index (χ0n) is 12.7. The van der Waals surface area contributed by atoms with E-state index >= 15 is 0 Å². The van der Waals surface area contributed by atoms with Crippen LogP contribution >= 0.6 is 0 Å². The number of hydrogen-bond donors (Lipinski definition) is 1. The first-order chi connectivity index (χ1) is 9.60. The Labute approximate surface area is 122 Å². The Morgan fingerprint density at radius 3 is 2.35 bits per heavy atom. The molecule has 1 amide bonds. The lowest BCUT2D eigenvalue weighted by atomic mass is 9.74. The Balaban J connectivity index is 1.64. The summed E-state index contributed by atoms with van der Waals surface area (Å²) in [7, 11) is 0. The second-order valence-electron chi connectivity index (χ2n) is 7.21.